The van der Waals surface area contributed by atoms with Crippen LogP contribution in [0, 0.1) is 3.57 Å². The molecule has 2 amide bonds. The third-order valence-electron chi connectivity index (χ3n) is 4.13. The Labute approximate surface area is 172 Å². The largest absolute Gasteiger partial charge is 0.347 e. The van der Waals surface area contributed by atoms with Crippen LogP contribution in [-0.4, -0.2) is 35.4 Å². The number of amides is 2. The van der Waals surface area contributed by atoms with Crippen molar-refractivity contribution in [3.63, 3.8) is 0 Å². The molecule has 0 saturated heterocycles. The van der Waals surface area contributed by atoms with Crippen molar-refractivity contribution in [1.29, 1.82) is 0 Å². The van der Waals surface area contributed by atoms with E-state index in [4.69, 9.17) is 0 Å². The van der Waals surface area contributed by atoms with E-state index in [0.29, 0.717) is 17.8 Å². The SMILES string of the molecule is CN(C)C(=O)c1ccc(CNC(=O)c2cccn2-c2cccc(I)c2)cc1. The zero-order chi connectivity index (χ0) is 19.4. The minimum atomic E-state index is -0.146. The van der Waals surface area contributed by atoms with Crippen LogP contribution in [0.3, 0.4) is 0 Å². The number of hydrogen-bond acceptors (Lipinski definition) is 2. The molecule has 0 bridgehead atoms. The molecule has 3 rings (SSSR count). The summed E-state index contributed by atoms with van der Waals surface area (Å²) in [5.74, 6) is -0.187. The molecule has 1 aromatic heterocycles. The Hall–Kier alpha value is -2.61. The molecule has 0 atom stereocenters. The van der Waals surface area contributed by atoms with E-state index in [1.54, 1.807) is 32.3 Å². The average Bonchev–Trinajstić information content (AvgIpc) is 3.16. The first-order valence-corrected chi connectivity index (χ1v) is 9.55. The first kappa shape index (κ1) is 19.2. The minimum absolute atomic E-state index is 0.0408. The molecule has 3 aromatic rings. The monoisotopic (exact) mass is 473 g/mol. The molecule has 1 N–H and O–H groups in total. The number of nitrogens with one attached hydrogen (secondary N) is 1. The molecule has 0 saturated carbocycles. The van der Waals surface area contributed by atoms with Crippen molar-refractivity contribution in [2.24, 2.45) is 0 Å². The molecular weight excluding hydrogens is 453 g/mol. The molecule has 0 aliphatic heterocycles. The maximum Gasteiger partial charge on any atom is 0.268 e. The first-order chi connectivity index (χ1) is 13.0. The summed E-state index contributed by atoms with van der Waals surface area (Å²) in [6, 6.07) is 18.9. The van der Waals surface area contributed by atoms with Crippen LogP contribution >= 0.6 is 22.6 Å². The number of carbonyl (C=O) groups excluding carboxylic acids is 2. The van der Waals surface area contributed by atoms with Gasteiger partial charge in [-0.15, -0.1) is 0 Å². The zero-order valence-electron chi connectivity index (χ0n) is 15.1. The topological polar surface area (TPSA) is 54.3 Å². The van der Waals surface area contributed by atoms with E-state index in [9.17, 15) is 9.59 Å². The van der Waals surface area contributed by atoms with Crippen molar-refractivity contribution >= 4 is 34.4 Å². The van der Waals surface area contributed by atoms with E-state index in [0.717, 1.165) is 14.8 Å². The van der Waals surface area contributed by atoms with Gasteiger partial charge in [-0.1, -0.05) is 18.2 Å². The van der Waals surface area contributed by atoms with E-state index in [-0.39, 0.29) is 11.8 Å². The number of nitrogens with zero attached hydrogens (tertiary/aromatic N) is 2. The van der Waals surface area contributed by atoms with Crippen LogP contribution in [0.1, 0.15) is 26.4 Å². The molecule has 0 spiro atoms. The van der Waals surface area contributed by atoms with Crippen LogP contribution in [0.25, 0.3) is 5.69 Å². The lowest BCUT2D eigenvalue weighted by molar-refractivity contribution is 0.0827. The van der Waals surface area contributed by atoms with Crippen LogP contribution in [0.2, 0.25) is 0 Å². The van der Waals surface area contributed by atoms with Gasteiger partial charge in [0.1, 0.15) is 5.69 Å². The lowest BCUT2D eigenvalue weighted by atomic mass is 10.1. The summed E-state index contributed by atoms with van der Waals surface area (Å²) in [4.78, 5) is 26.1. The Morgan fingerprint density at radius 1 is 1.04 bits per heavy atom. The number of carbonyl (C=O) groups is 2. The maximum atomic E-state index is 12.6. The van der Waals surface area contributed by atoms with E-state index < -0.39 is 0 Å². The highest BCUT2D eigenvalue weighted by Gasteiger charge is 2.12. The standard InChI is InChI=1S/C21H20IN3O2/c1-24(2)21(27)16-10-8-15(9-11-16)14-23-20(26)19-7-4-12-25(19)18-6-3-5-17(22)13-18/h3-13H,14H2,1-2H3,(H,23,26). The fourth-order valence-corrected chi connectivity index (χ4v) is 3.24. The molecular formula is C21H20IN3O2. The van der Waals surface area contributed by atoms with Crippen LogP contribution in [0.15, 0.2) is 66.9 Å². The van der Waals surface area contributed by atoms with Crippen molar-refractivity contribution < 1.29 is 9.59 Å². The smallest absolute Gasteiger partial charge is 0.268 e. The number of benzene rings is 2. The Morgan fingerprint density at radius 3 is 2.44 bits per heavy atom. The van der Waals surface area contributed by atoms with Crippen molar-refractivity contribution in [2.75, 3.05) is 14.1 Å². The highest BCUT2D eigenvalue weighted by molar-refractivity contribution is 14.1. The highest BCUT2D eigenvalue weighted by Crippen LogP contribution is 2.16. The number of halogens is 1. The summed E-state index contributed by atoms with van der Waals surface area (Å²) in [6.07, 6.45) is 1.88. The second-order valence-electron chi connectivity index (χ2n) is 6.32. The summed E-state index contributed by atoms with van der Waals surface area (Å²) in [7, 11) is 3.44. The van der Waals surface area contributed by atoms with Gasteiger partial charge in [-0.3, -0.25) is 9.59 Å². The third-order valence-corrected chi connectivity index (χ3v) is 4.80. The van der Waals surface area contributed by atoms with Crippen LogP contribution in [0.5, 0.6) is 0 Å². The van der Waals surface area contributed by atoms with Gasteiger partial charge in [0.2, 0.25) is 0 Å². The van der Waals surface area contributed by atoms with Gasteiger partial charge >= 0.3 is 0 Å². The molecule has 0 aliphatic rings. The van der Waals surface area contributed by atoms with E-state index in [2.05, 4.69) is 27.9 Å². The van der Waals surface area contributed by atoms with Crippen LogP contribution in [-0.2, 0) is 6.54 Å². The minimum Gasteiger partial charge on any atom is -0.347 e. The van der Waals surface area contributed by atoms with E-state index in [1.165, 1.54) is 4.90 Å². The maximum absolute atomic E-state index is 12.6. The molecule has 2 aromatic carbocycles. The molecule has 1 heterocycles. The molecule has 27 heavy (non-hydrogen) atoms. The quantitative estimate of drug-likeness (QED) is 0.575. The molecule has 0 unspecified atom stereocenters. The fourth-order valence-electron chi connectivity index (χ4n) is 2.71. The Balaban J connectivity index is 1.69. The number of hydrogen-bond donors (Lipinski definition) is 1. The fraction of sp³-hybridized carbons (Fsp3) is 0.143. The Morgan fingerprint density at radius 2 is 1.78 bits per heavy atom. The molecule has 138 valence electrons. The number of aromatic nitrogens is 1. The molecule has 5 nitrogen and oxygen atoms in total. The molecule has 0 radical (unpaired) electrons. The van der Waals surface area contributed by atoms with Crippen LogP contribution in [0.4, 0.5) is 0 Å². The van der Waals surface area contributed by atoms with Crippen molar-refractivity contribution in [2.45, 2.75) is 6.54 Å². The van der Waals surface area contributed by atoms with Crippen molar-refractivity contribution in [3.8, 4) is 5.69 Å². The van der Waals surface area contributed by atoms with Crippen LogP contribution < -0.4 is 5.32 Å². The molecule has 6 heteroatoms. The summed E-state index contributed by atoms with van der Waals surface area (Å²) >= 11 is 2.25. The number of rotatable bonds is 5. The van der Waals surface area contributed by atoms with Crippen molar-refractivity contribution in [3.05, 3.63) is 87.3 Å². The second-order valence-corrected chi connectivity index (χ2v) is 7.57. The predicted octanol–water partition coefficient (Wildman–Crippen LogP) is 3.71. The third kappa shape index (κ3) is 4.57. The summed E-state index contributed by atoms with van der Waals surface area (Å²) in [5.41, 5.74) is 3.09. The van der Waals surface area contributed by atoms with Gasteiger partial charge in [0.15, 0.2) is 0 Å². The summed E-state index contributed by atoms with van der Waals surface area (Å²) in [6.45, 7) is 0.396. The lowest BCUT2D eigenvalue weighted by Gasteiger charge is -2.12. The lowest BCUT2D eigenvalue weighted by Crippen LogP contribution is -2.25. The Kier molecular flexibility index (Phi) is 5.95. The zero-order valence-corrected chi connectivity index (χ0v) is 17.3. The second kappa shape index (κ2) is 8.39. The average molecular weight is 473 g/mol. The Bertz CT molecular complexity index is 962. The van der Waals surface area contributed by atoms with Gasteiger partial charge in [-0.25, -0.2) is 0 Å². The highest BCUT2D eigenvalue weighted by atomic mass is 127. The predicted molar refractivity (Wildman–Crippen MR) is 114 cm³/mol. The van der Waals surface area contributed by atoms with Gasteiger partial charge < -0.3 is 14.8 Å². The summed E-state index contributed by atoms with van der Waals surface area (Å²) < 4.78 is 2.98. The van der Waals surface area contributed by atoms with E-state index in [1.807, 2.05) is 53.2 Å². The van der Waals surface area contributed by atoms with Gasteiger partial charge in [-0.05, 0) is 70.6 Å². The molecule has 0 aliphatic carbocycles. The first-order valence-electron chi connectivity index (χ1n) is 8.48. The van der Waals surface area contributed by atoms with Gasteiger partial charge in [-0.2, -0.15) is 0 Å². The van der Waals surface area contributed by atoms with E-state index >= 15 is 0 Å². The summed E-state index contributed by atoms with van der Waals surface area (Å²) in [5, 5.41) is 2.94. The molecule has 0 fully saturated rings. The van der Waals surface area contributed by atoms with Gasteiger partial charge in [0.05, 0.1) is 0 Å². The van der Waals surface area contributed by atoms with Gasteiger partial charge in [0.25, 0.3) is 11.8 Å². The van der Waals surface area contributed by atoms with Crippen molar-refractivity contribution in [1.82, 2.24) is 14.8 Å². The normalized spacial score (nSPS) is 10.5. The van der Waals surface area contributed by atoms with Gasteiger partial charge in [0, 0.05) is 41.7 Å².